The predicted molar refractivity (Wildman–Crippen MR) is 106 cm³/mol. The average molecular weight is 363 g/mol. The Kier molecular flexibility index (Phi) is 4.63. The second kappa shape index (κ2) is 7.22. The number of para-hydroxylation sites is 2. The van der Waals surface area contributed by atoms with Crippen molar-refractivity contribution in [2.75, 3.05) is 0 Å². The first-order chi connectivity index (χ1) is 12.7. The highest BCUT2D eigenvalue weighted by Gasteiger charge is 2.12. The van der Waals surface area contributed by atoms with Crippen LogP contribution in [0.15, 0.2) is 72.8 Å². The van der Waals surface area contributed by atoms with Crippen molar-refractivity contribution < 1.29 is 4.74 Å². The second-order valence-corrected chi connectivity index (χ2v) is 6.77. The van der Waals surface area contributed by atoms with E-state index in [9.17, 15) is 0 Å². The van der Waals surface area contributed by atoms with E-state index in [4.69, 9.17) is 21.3 Å². The SMILES string of the molecule is Cc1cccc(Cn2c(COc3ccc(Cl)cc3)nc3ccccc32)c1. The molecule has 4 aromatic rings. The summed E-state index contributed by atoms with van der Waals surface area (Å²) in [4.78, 5) is 4.78. The molecule has 0 saturated carbocycles. The second-order valence-electron chi connectivity index (χ2n) is 6.33. The standard InChI is InChI=1S/C22H19ClN2O/c1-16-5-4-6-17(13-16)14-25-21-8-3-2-7-20(21)24-22(25)15-26-19-11-9-18(23)10-12-19/h2-13H,14-15H2,1H3. The summed E-state index contributed by atoms with van der Waals surface area (Å²) in [5.41, 5.74) is 4.60. The minimum Gasteiger partial charge on any atom is -0.486 e. The summed E-state index contributed by atoms with van der Waals surface area (Å²) in [6, 6.07) is 24.1. The van der Waals surface area contributed by atoms with Gasteiger partial charge in [-0.3, -0.25) is 0 Å². The van der Waals surface area contributed by atoms with Crippen LogP contribution >= 0.6 is 11.6 Å². The molecule has 3 aromatic carbocycles. The van der Waals surface area contributed by atoms with Gasteiger partial charge in [0, 0.05) is 11.6 Å². The fourth-order valence-corrected chi connectivity index (χ4v) is 3.21. The van der Waals surface area contributed by atoms with Gasteiger partial charge in [0.1, 0.15) is 18.2 Å². The highest BCUT2D eigenvalue weighted by molar-refractivity contribution is 6.30. The molecule has 0 atom stereocenters. The van der Waals surface area contributed by atoms with E-state index in [1.54, 1.807) is 0 Å². The molecule has 0 unspecified atom stereocenters. The summed E-state index contributed by atoms with van der Waals surface area (Å²) in [7, 11) is 0. The van der Waals surface area contributed by atoms with Gasteiger partial charge >= 0.3 is 0 Å². The molecule has 0 saturated heterocycles. The summed E-state index contributed by atoms with van der Waals surface area (Å²) in [6.07, 6.45) is 0. The van der Waals surface area contributed by atoms with E-state index in [-0.39, 0.29) is 0 Å². The van der Waals surface area contributed by atoms with Crippen molar-refractivity contribution >= 4 is 22.6 Å². The molecular weight excluding hydrogens is 344 g/mol. The zero-order chi connectivity index (χ0) is 17.9. The van der Waals surface area contributed by atoms with Crippen LogP contribution in [-0.2, 0) is 13.2 Å². The Bertz CT molecular complexity index is 1040. The lowest BCUT2D eigenvalue weighted by Crippen LogP contribution is -2.08. The maximum Gasteiger partial charge on any atom is 0.148 e. The lowest BCUT2D eigenvalue weighted by Gasteiger charge is -2.11. The monoisotopic (exact) mass is 362 g/mol. The Hall–Kier alpha value is -2.78. The van der Waals surface area contributed by atoms with Gasteiger partial charge in [-0.05, 0) is 48.9 Å². The molecule has 0 aliphatic carbocycles. The maximum absolute atomic E-state index is 5.94. The number of aryl methyl sites for hydroxylation is 1. The normalized spacial score (nSPS) is 11.0. The first-order valence-corrected chi connectivity index (χ1v) is 8.95. The number of halogens is 1. The molecule has 0 N–H and O–H groups in total. The molecule has 4 rings (SSSR count). The Morgan fingerprint density at radius 1 is 0.962 bits per heavy atom. The number of aromatic nitrogens is 2. The molecule has 130 valence electrons. The third-order valence-electron chi connectivity index (χ3n) is 4.34. The van der Waals surface area contributed by atoms with Crippen molar-refractivity contribution in [1.82, 2.24) is 9.55 Å². The van der Waals surface area contributed by atoms with E-state index in [1.807, 2.05) is 42.5 Å². The summed E-state index contributed by atoms with van der Waals surface area (Å²) in [5.74, 6) is 1.69. The van der Waals surface area contributed by atoms with Crippen molar-refractivity contribution in [2.24, 2.45) is 0 Å². The van der Waals surface area contributed by atoms with Crippen LogP contribution in [-0.4, -0.2) is 9.55 Å². The van der Waals surface area contributed by atoms with Crippen LogP contribution in [0, 0.1) is 6.92 Å². The van der Waals surface area contributed by atoms with E-state index < -0.39 is 0 Å². The van der Waals surface area contributed by atoms with Crippen molar-refractivity contribution in [3.8, 4) is 5.75 Å². The number of imidazole rings is 1. The largest absolute Gasteiger partial charge is 0.486 e. The van der Waals surface area contributed by atoms with Crippen LogP contribution < -0.4 is 4.74 Å². The number of ether oxygens (including phenoxy) is 1. The number of hydrogen-bond acceptors (Lipinski definition) is 2. The third-order valence-corrected chi connectivity index (χ3v) is 4.59. The van der Waals surface area contributed by atoms with Crippen LogP contribution in [0.25, 0.3) is 11.0 Å². The van der Waals surface area contributed by atoms with Crippen LogP contribution in [0.4, 0.5) is 0 Å². The van der Waals surface area contributed by atoms with Gasteiger partial charge in [-0.2, -0.15) is 0 Å². The van der Waals surface area contributed by atoms with Crippen LogP contribution in [0.2, 0.25) is 5.02 Å². The highest BCUT2D eigenvalue weighted by Crippen LogP contribution is 2.21. The lowest BCUT2D eigenvalue weighted by atomic mass is 10.1. The molecule has 0 radical (unpaired) electrons. The summed E-state index contributed by atoms with van der Waals surface area (Å²) < 4.78 is 8.16. The molecule has 0 spiro atoms. The van der Waals surface area contributed by atoms with Gasteiger partial charge in [-0.25, -0.2) is 4.98 Å². The summed E-state index contributed by atoms with van der Waals surface area (Å²) >= 11 is 5.94. The number of nitrogens with zero attached hydrogens (tertiary/aromatic N) is 2. The smallest absolute Gasteiger partial charge is 0.148 e. The highest BCUT2D eigenvalue weighted by atomic mass is 35.5. The topological polar surface area (TPSA) is 27.1 Å². The van der Waals surface area contributed by atoms with E-state index in [0.29, 0.717) is 11.6 Å². The maximum atomic E-state index is 5.94. The predicted octanol–water partition coefficient (Wildman–Crippen LogP) is 5.63. The van der Waals surface area contributed by atoms with Gasteiger partial charge in [0.15, 0.2) is 0 Å². The van der Waals surface area contributed by atoms with Gasteiger partial charge in [-0.15, -0.1) is 0 Å². The van der Waals surface area contributed by atoms with E-state index in [2.05, 4.69) is 41.8 Å². The number of rotatable bonds is 5. The van der Waals surface area contributed by atoms with Gasteiger partial charge in [0.2, 0.25) is 0 Å². The van der Waals surface area contributed by atoms with E-state index in [1.165, 1.54) is 11.1 Å². The molecule has 0 aliphatic heterocycles. The summed E-state index contributed by atoms with van der Waals surface area (Å²) in [5, 5.41) is 0.698. The number of fused-ring (bicyclic) bond motifs is 1. The Morgan fingerprint density at radius 2 is 1.77 bits per heavy atom. The molecule has 0 fully saturated rings. The molecule has 3 nitrogen and oxygen atoms in total. The van der Waals surface area contributed by atoms with Crippen LogP contribution in [0.3, 0.4) is 0 Å². The Morgan fingerprint density at radius 3 is 2.58 bits per heavy atom. The quantitative estimate of drug-likeness (QED) is 0.460. The van der Waals surface area contributed by atoms with Gasteiger partial charge < -0.3 is 9.30 Å². The van der Waals surface area contributed by atoms with Crippen LogP contribution in [0.5, 0.6) is 5.75 Å². The number of benzene rings is 3. The first kappa shape index (κ1) is 16.7. The zero-order valence-electron chi connectivity index (χ0n) is 14.5. The zero-order valence-corrected chi connectivity index (χ0v) is 15.3. The molecule has 0 bridgehead atoms. The Balaban J connectivity index is 1.65. The average Bonchev–Trinajstić information content (AvgIpc) is 2.99. The van der Waals surface area contributed by atoms with Crippen molar-refractivity contribution in [1.29, 1.82) is 0 Å². The third kappa shape index (κ3) is 3.58. The van der Waals surface area contributed by atoms with E-state index >= 15 is 0 Å². The molecule has 1 heterocycles. The lowest BCUT2D eigenvalue weighted by molar-refractivity contribution is 0.291. The minimum atomic E-state index is 0.405. The fourth-order valence-electron chi connectivity index (χ4n) is 3.08. The molecule has 4 heteroatoms. The molecule has 1 aromatic heterocycles. The summed E-state index contributed by atoms with van der Waals surface area (Å²) in [6.45, 7) is 3.28. The molecule has 26 heavy (non-hydrogen) atoms. The van der Waals surface area contributed by atoms with E-state index in [0.717, 1.165) is 29.2 Å². The number of hydrogen-bond donors (Lipinski definition) is 0. The van der Waals surface area contributed by atoms with Gasteiger partial charge in [0.05, 0.1) is 11.0 Å². The van der Waals surface area contributed by atoms with Crippen molar-refractivity contribution in [3.05, 3.63) is 94.8 Å². The van der Waals surface area contributed by atoms with Crippen LogP contribution in [0.1, 0.15) is 17.0 Å². The van der Waals surface area contributed by atoms with Gasteiger partial charge in [0.25, 0.3) is 0 Å². The molecular formula is C22H19ClN2O. The fraction of sp³-hybridized carbons (Fsp3) is 0.136. The molecule has 0 amide bonds. The van der Waals surface area contributed by atoms with Crippen molar-refractivity contribution in [3.63, 3.8) is 0 Å². The minimum absolute atomic E-state index is 0.405. The Labute approximate surface area is 157 Å². The first-order valence-electron chi connectivity index (χ1n) is 8.57. The van der Waals surface area contributed by atoms with Gasteiger partial charge in [-0.1, -0.05) is 53.6 Å². The van der Waals surface area contributed by atoms with Crippen molar-refractivity contribution in [2.45, 2.75) is 20.1 Å². The molecule has 0 aliphatic rings.